The number of aliphatic hydroxyl groups excluding tert-OH is 1. The Morgan fingerprint density at radius 1 is 1.42 bits per heavy atom. The van der Waals surface area contributed by atoms with E-state index in [1.54, 1.807) is 38.1 Å². The van der Waals surface area contributed by atoms with Crippen molar-refractivity contribution in [3.05, 3.63) is 29.8 Å². The van der Waals surface area contributed by atoms with Crippen LogP contribution in [0.25, 0.3) is 0 Å². The summed E-state index contributed by atoms with van der Waals surface area (Å²) in [6.45, 7) is 4.17. The highest BCUT2D eigenvalue weighted by Crippen LogP contribution is 2.16. The Kier molecular flexibility index (Phi) is 5.77. The maximum absolute atomic E-state index is 9.72. The number of benzene rings is 1. The molecule has 0 aromatic heterocycles. The van der Waals surface area contributed by atoms with Crippen LogP contribution in [-0.4, -0.2) is 41.6 Å². The van der Waals surface area contributed by atoms with Crippen molar-refractivity contribution < 1.29 is 14.9 Å². The van der Waals surface area contributed by atoms with Gasteiger partial charge >= 0.3 is 0 Å². The summed E-state index contributed by atoms with van der Waals surface area (Å²) in [4.78, 5) is 0. The van der Waals surface area contributed by atoms with Gasteiger partial charge in [-0.15, -0.1) is 0 Å². The number of nitrogens with zero attached hydrogens (tertiary/aromatic N) is 1. The Balaban J connectivity index is 2.34. The van der Waals surface area contributed by atoms with Gasteiger partial charge in [-0.25, -0.2) is 0 Å². The average molecular weight is 264 g/mol. The second-order valence-corrected chi connectivity index (χ2v) is 5.02. The normalized spacial score (nSPS) is 12.8. The van der Waals surface area contributed by atoms with Crippen molar-refractivity contribution in [2.45, 2.75) is 25.6 Å². The van der Waals surface area contributed by atoms with Crippen LogP contribution in [0.5, 0.6) is 5.75 Å². The SMILES string of the molecule is CC(C)(O)CNCC(O)COc1ccccc1C#N. The predicted octanol–water partition coefficient (Wildman–Crippen LogP) is 0.658. The standard InChI is InChI=1S/C14H20N2O3/c1-14(2,18)10-16-8-12(17)9-19-13-6-4-3-5-11(13)7-15/h3-6,12,16-18H,8-10H2,1-2H3. The fourth-order valence-electron chi connectivity index (χ4n) is 1.47. The number of ether oxygens (including phenoxy) is 1. The third-order valence-electron chi connectivity index (χ3n) is 2.38. The Hall–Kier alpha value is -1.61. The minimum atomic E-state index is -0.812. The molecule has 0 aliphatic heterocycles. The van der Waals surface area contributed by atoms with E-state index in [2.05, 4.69) is 5.32 Å². The molecule has 0 aliphatic rings. The van der Waals surface area contributed by atoms with E-state index in [0.29, 0.717) is 24.4 Å². The second-order valence-electron chi connectivity index (χ2n) is 5.02. The van der Waals surface area contributed by atoms with E-state index in [4.69, 9.17) is 10.00 Å². The molecule has 1 aromatic carbocycles. The molecule has 3 N–H and O–H groups in total. The van der Waals surface area contributed by atoms with Gasteiger partial charge in [-0.1, -0.05) is 12.1 Å². The molecule has 5 heteroatoms. The van der Waals surface area contributed by atoms with E-state index in [-0.39, 0.29) is 6.61 Å². The van der Waals surface area contributed by atoms with Gasteiger partial charge in [0.2, 0.25) is 0 Å². The number of hydrogen-bond donors (Lipinski definition) is 3. The first-order valence-electron chi connectivity index (χ1n) is 6.15. The van der Waals surface area contributed by atoms with E-state index in [1.807, 2.05) is 6.07 Å². The molecule has 0 aliphatic carbocycles. The quantitative estimate of drug-likeness (QED) is 0.673. The first kappa shape index (κ1) is 15.4. The third kappa shape index (κ3) is 6.20. The molecule has 0 saturated heterocycles. The summed E-state index contributed by atoms with van der Waals surface area (Å²) < 4.78 is 5.40. The first-order chi connectivity index (χ1) is 8.92. The van der Waals surface area contributed by atoms with Crippen LogP contribution in [0.1, 0.15) is 19.4 Å². The van der Waals surface area contributed by atoms with Gasteiger partial charge in [0, 0.05) is 13.1 Å². The zero-order valence-corrected chi connectivity index (χ0v) is 11.3. The summed E-state index contributed by atoms with van der Waals surface area (Å²) in [6, 6.07) is 8.91. The van der Waals surface area contributed by atoms with Crippen molar-refractivity contribution >= 4 is 0 Å². The van der Waals surface area contributed by atoms with Crippen LogP contribution in [-0.2, 0) is 0 Å². The molecule has 0 saturated carbocycles. The number of rotatable bonds is 7. The molecular formula is C14H20N2O3. The van der Waals surface area contributed by atoms with Crippen LogP contribution in [0.4, 0.5) is 0 Å². The largest absolute Gasteiger partial charge is 0.489 e. The van der Waals surface area contributed by atoms with Crippen LogP contribution in [0.3, 0.4) is 0 Å². The fourth-order valence-corrected chi connectivity index (χ4v) is 1.47. The molecule has 0 amide bonds. The van der Waals surface area contributed by atoms with Gasteiger partial charge in [0.05, 0.1) is 11.2 Å². The average Bonchev–Trinajstić information content (AvgIpc) is 2.35. The highest BCUT2D eigenvalue weighted by Gasteiger charge is 2.13. The lowest BCUT2D eigenvalue weighted by Crippen LogP contribution is -2.40. The van der Waals surface area contributed by atoms with Gasteiger partial charge in [-0.05, 0) is 26.0 Å². The number of nitrogens with one attached hydrogen (secondary N) is 1. The lowest BCUT2D eigenvalue weighted by atomic mass is 10.1. The molecule has 5 nitrogen and oxygen atoms in total. The summed E-state index contributed by atoms with van der Waals surface area (Å²) in [5, 5.41) is 31.0. The van der Waals surface area contributed by atoms with Gasteiger partial charge in [0.1, 0.15) is 24.5 Å². The topological polar surface area (TPSA) is 85.5 Å². The van der Waals surface area contributed by atoms with Crippen molar-refractivity contribution in [2.24, 2.45) is 0 Å². The molecule has 0 radical (unpaired) electrons. The van der Waals surface area contributed by atoms with Crippen LogP contribution in [0, 0.1) is 11.3 Å². The number of nitriles is 1. The molecule has 104 valence electrons. The molecule has 0 bridgehead atoms. The lowest BCUT2D eigenvalue weighted by molar-refractivity contribution is 0.0665. The predicted molar refractivity (Wildman–Crippen MR) is 71.8 cm³/mol. The third-order valence-corrected chi connectivity index (χ3v) is 2.38. The number of para-hydroxylation sites is 1. The molecule has 1 aromatic rings. The van der Waals surface area contributed by atoms with Crippen molar-refractivity contribution in [1.29, 1.82) is 5.26 Å². The Labute approximate surface area is 113 Å². The zero-order valence-electron chi connectivity index (χ0n) is 11.3. The molecule has 19 heavy (non-hydrogen) atoms. The number of hydrogen-bond acceptors (Lipinski definition) is 5. The summed E-state index contributed by atoms with van der Waals surface area (Å²) >= 11 is 0. The van der Waals surface area contributed by atoms with Crippen molar-refractivity contribution in [3.63, 3.8) is 0 Å². The van der Waals surface area contributed by atoms with E-state index in [9.17, 15) is 10.2 Å². The monoisotopic (exact) mass is 264 g/mol. The molecule has 0 fully saturated rings. The Morgan fingerprint density at radius 2 is 2.11 bits per heavy atom. The Morgan fingerprint density at radius 3 is 2.74 bits per heavy atom. The minimum Gasteiger partial charge on any atom is -0.489 e. The molecule has 1 rings (SSSR count). The first-order valence-corrected chi connectivity index (χ1v) is 6.15. The van der Waals surface area contributed by atoms with Crippen LogP contribution >= 0.6 is 0 Å². The summed E-state index contributed by atoms with van der Waals surface area (Å²) in [5.41, 5.74) is -0.368. The zero-order chi connectivity index (χ0) is 14.3. The van der Waals surface area contributed by atoms with Gasteiger partial charge in [-0.2, -0.15) is 5.26 Å². The van der Waals surface area contributed by atoms with Gasteiger partial charge in [-0.3, -0.25) is 0 Å². The Bertz CT molecular complexity index is 435. The maximum Gasteiger partial charge on any atom is 0.137 e. The number of aliphatic hydroxyl groups is 2. The maximum atomic E-state index is 9.72. The lowest BCUT2D eigenvalue weighted by Gasteiger charge is -2.19. The summed E-state index contributed by atoms with van der Waals surface area (Å²) in [6.07, 6.45) is -0.700. The van der Waals surface area contributed by atoms with Crippen LogP contribution in [0.2, 0.25) is 0 Å². The highest BCUT2D eigenvalue weighted by atomic mass is 16.5. The molecule has 1 unspecified atom stereocenters. The van der Waals surface area contributed by atoms with Crippen LogP contribution < -0.4 is 10.1 Å². The van der Waals surface area contributed by atoms with Gasteiger partial charge in [0.25, 0.3) is 0 Å². The summed E-state index contributed by atoms with van der Waals surface area (Å²) in [5.74, 6) is 0.464. The second kappa shape index (κ2) is 7.10. The molecule has 0 heterocycles. The van der Waals surface area contributed by atoms with E-state index >= 15 is 0 Å². The van der Waals surface area contributed by atoms with Gasteiger partial charge < -0.3 is 20.3 Å². The smallest absolute Gasteiger partial charge is 0.137 e. The van der Waals surface area contributed by atoms with E-state index in [0.717, 1.165) is 0 Å². The fraction of sp³-hybridized carbons (Fsp3) is 0.500. The highest BCUT2D eigenvalue weighted by molar-refractivity contribution is 5.42. The van der Waals surface area contributed by atoms with Crippen molar-refractivity contribution in [3.8, 4) is 11.8 Å². The van der Waals surface area contributed by atoms with Crippen molar-refractivity contribution in [2.75, 3.05) is 19.7 Å². The van der Waals surface area contributed by atoms with E-state index in [1.165, 1.54) is 0 Å². The van der Waals surface area contributed by atoms with E-state index < -0.39 is 11.7 Å². The van der Waals surface area contributed by atoms with Gasteiger partial charge in [0.15, 0.2) is 0 Å². The van der Waals surface area contributed by atoms with Crippen LogP contribution in [0.15, 0.2) is 24.3 Å². The minimum absolute atomic E-state index is 0.0948. The molecule has 1 atom stereocenters. The summed E-state index contributed by atoms with van der Waals surface area (Å²) in [7, 11) is 0. The molecular weight excluding hydrogens is 244 g/mol. The van der Waals surface area contributed by atoms with Crippen molar-refractivity contribution in [1.82, 2.24) is 5.32 Å². The molecule has 0 spiro atoms.